The molecule has 0 amide bonds. The molecule has 131 valence electrons. The molecule has 2 aliphatic rings. The Morgan fingerprint density at radius 1 is 0.846 bits per heavy atom. The number of amidine groups is 1. The van der Waals surface area contributed by atoms with Crippen molar-refractivity contribution in [2.45, 2.75) is 0 Å². The zero-order valence-electron chi connectivity index (χ0n) is 13.3. The average molecular weight is 524 g/mol. The molecule has 0 N–H and O–H groups in total. The molecule has 0 unspecified atom stereocenters. The number of benzene rings is 3. The van der Waals surface area contributed by atoms with E-state index in [2.05, 4.69) is 11.2 Å². The van der Waals surface area contributed by atoms with Crippen LogP contribution in [0.2, 0.25) is 0 Å². The molecule has 0 aromatic heterocycles. The van der Waals surface area contributed by atoms with Crippen LogP contribution < -0.4 is 9.91 Å². The first-order valence-electron chi connectivity index (χ1n) is 7.80. The molecule has 1 radical (unpaired) electrons. The van der Waals surface area contributed by atoms with Crippen LogP contribution in [0.1, 0.15) is 5.56 Å². The third-order valence-corrected chi connectivity index (χ3v) is 4.36. The van der Waals surface area contributed by atoms with Gasteiger partial charge in [0.15, 0.2) is 0 Å². The maximum atomic E-state index is 14.2. The fourth-order valence-electron chi connectivity index (χ4n) is 3.26. The number of anilines is 2. The summed E-state index contributed by atoms with van der Waals surface area (Å²) in [6.45, 7) is 1.59. The van der Waals surface area contributed by atoms with E-state index >= 15 is 0 Å². The smallest absolute Gasteiger partial charge is 0.148 e. The Kier molecular flexibility index (Phi) is 4.10. The van der Waals surface area contributed by atoms with Gasteiger partial charge in [-0.15, -0.1) is 12.2 Å². The minimum absolute atomic E-state index is 0. The second-order valence-electron chi connectivity index (χ2n) is 5.80. The van der Waals surface area contributed by atoms with E-state index in [1.165, 1.54) is 23.2 Å². The van der Waals surface area contributed by atoms with E-state index in [1.807, 2.05) is 47.4 Å². The maximum Gasteiger partial charge on any atom is 0.148 e. The van der Waals surface area contributed by atoms with Gasteiger partial charge in [-0.25, -0.2) is 8.78 Å². The van der Waals surface area contributed by atoms with Crippen molar-refractivity contribution in [1.29, 1.82) is 0 Å². The molecule has 3 aromatic carbocycles. The topological polar surface area (TPSA) is 18.8 Å². The van der Waals surface area contributed by atoms with Crippen molar-refractivity contribution in [2.75, 3.05) is 9.91 Å². The van der Waals surface area contributed by atoms with Crippen LogP contribution in [0.4, 0.5) is 20.2 Å². The summed E-state index contributed by atoms with van der Waals surface area (Å²) in [6, 6.07) is 20.5. The Labute approximate surface area is 162 Å². The standard InChI is InChI=1S/C20H11F2N3.Ir/c21-16-9-5-10-17(22)19(16)25-12-24-18-11-4-3-7-14(18)13-6-1-2-8-15(13)20(24)23-25;/h1-10,12H;/q-2;. The van der Waals surface area contributed by atoms with Gasteiger partial charge >= 0.3 is 0 Å². The van der Waals surface area contributed by atoms with Crippen LogP contribution in [0.15, 0.2) is 65.8 Å². The molecule has 0 bridgehead atoms. The van der Waals surface area contributed by atoms with Crippen molar-refractivity contribution in [1.82, 2.24) is 0 Å². The number of hydrazone groups is 1. The molecule has 6 heteroatoms. The molecule has 2 aliphatic heterocycles. The molecule has 0 saturated carbocycles. The summed E-state index contributed by atoms with van der Waals surface area (Å²) in [6.07, 6.45) is 0. The van der Waals surface area contributed by atoms with Gasteiger partial charge in [0, 0.05) is 25.7 Å². The summed E-state index contributed by atoms with van der Waals surface area (Å²) in [5.41, 5.74) is 3.54. The van der Waals surface area contributed by atoms with E-state index in [-0.39, 0.29) is 25.8 Å². The van der Waals surface area contributed by atoms with Crippen molar-refractivity contribution < 1.29 is 28.9 Å². The van der Waals surface area contributed by atoms with Gasteiger partial charge in [-0.2, -0.15) is 29.4 Å². The number of nitrogens with zero attached hydrogens (tertiary/aromatic N) is 3. The van der Waals surface area contributed by atoms with Crippen LogP contribution in [0.25, 0.3) is 11.1 Å². The molecule has 3 aromatic rings. The van der Waals surface area contributed by atoms with Crippen LogP contribution >= 0.6 is 0 Å². The summed E-state index contributed by atoms with van der Waals surface area (Å²) in [5, 5.41) is 5.71. The van der Waals surface area contributed by atoms with Gasteiger partial charge in [0.25, 0.3) is 0 Å². The van der Waals surface area contributed by atoms with Crippen LogP contribution in [0, 0.1) is 24.4 Å². The Balaban J connectivity index is 0.00000168. The van der Waals surface area contributed by atoms with E-state index in [0.29, 0.717) is 5.84 Å². The molecule has 26 heavy (non-hydrogen) atoms. The maximum absolute atomic E-state index is 14.2. The van der Waals surface area contributed by atoms with Crippen molar-refractivity contribution in [3.63, 3.8) is 0 Å². The number of hydrogen-bond donors (Lipinski definition) is 0. The molecule has 0 spiro atoms. The number of para-hydroxylation sites is 2. The first-order chi connectivity index (χ1) is 12.2. The van der Waals surface area contributed by atoms with E-state index < -0.39 is 11.6 Å². The Bertz CT molecular complexity index is 1010. The predicted octanol–water partition coefficient (Wildman–Crippen LogP) is 4.55. The molecular weight excluding hydrogens is 512 g/mol. The fourth-order valence-corrected chi connectivity index (χ4v) is 3.26. The summed E-state index contributed by atoms with van der Waals surface area (Å²) >= 11 is 0. The molecule has 5 rings (SSSR count). The van der Waals surface area contributed by atoms with Gasteiger partial charge in [-0.1, -0.05) is 41.6 Å². The van der Waals surface area contributed by atoms with Crippen molar-refractivity contribution >= 4 is 17.2 Å². The number of fused-ring (bicyclic) bond motifs is 6. The third kappa shape index (κ3) is 2.37. The first kappa shape index (κ1) is 16.9. The van der Waals surface area contributed by atoms with Crippen molar-refractivity contribution in [2.24, 2.45) is 5.10 Å². The normalized spacial score (nSPS) is 14.2. The molecule has 0 saturated heterocycles. The Morgan fingerprint density at radius 3 is 2.31 bits per heavy atom. The van der Waals surface area contributed by atoms with Crippen LogP contribution in [-0.4, -0.2) is 5.84 Å². The molecule has 0 fully saturated rings. The van der Waals surface area contributed by atoms with Gasteiger partial charge in [0.05, 0.1) is 0 Å². The summed E-state index contributed by atoms with van der Waals surface area (Å²) in [4.78, 5) is 1.81. The van der Waals surface area contributed by atoms with Gasteiger partial charge in [0.1, 0.15) is 23.2 Å². The Morgan fingerprint density at radius 2 is 1.54 bits per heavy atom. The number of halogens is 2. The molecule has 0 atom stereocenters. The SMILES string of the molecule is Fc1cccc(F)c1N1[CH-]N2C(=N1)c1ccccc1-c1ccc[c-]c12.[Ir]. The monoisotopic (exact) mass is 524 g/mol. The van der Waals surface area contributed by atoms with E-state index in [0.717, 1.165) is 22.4 Å². The van der Waals surface area contributed by atoms with Gasteiger partial charge in [-0.05, 0) is 12.1 Å². The quantitative estimate of drug-likeness (QED) is 0.436. The largest absolute Gasteiger partial charge is 0.476 e. The third-order valence-electron chi connectivity index (χ3n) is 4.36. The van der Waals surface area contributed by atoms with Crippen molar-refractivity contribution in [3.05, 3.63) is 90.6 Å². The zero-order valence-corrected chi connectivity index (χ0v) is 15.7. The van der Waals surface area contributed by atoms with E-state index in [4.69, 9.17) is 0 Å². The van der Waals surface area contributed by atoms with Gasteiger partial charge in [-0.3, -0.25) is 0 Å². The summed E-state index contributed by atoms with van der Waals surface area (Å²) < 4.78 is 28.3. The minimum atomic E-state index is -0.661. The van der Waals surface area contributed by atoms with Crippen LogP contribution in [0.5, 0.6) is 0 Å². The minimum Gasteiger partial charge on any atom is -0.476 e. The molecule has 2 heterocycles. The summed E-state index contributed by atoms with van der Waals surface area (Å²) in [7, 11) is 0. The van der Waals surface area contributed by atoms with Gasteiger partial charge in [0.2, 0.25) is 0 Å². The van der Waals surface area contributed by atoms with Gasteiger partial charge < -0.3 is 9.91 Å². The molecule has 3 nitrogen and oxygen atoms in total. The average Bonchev–Trinajstić information content (AvgIpc) is 3.07. The summed E-state index contributed by atoms with van der Waals surface area (Å²) in [5.74, 6) is -0.704. The predicted molar refractivity (Wildman–Crippen MR) is 92.9 cm³/mol. The Hall–Kier alpha value is -2.56. The zero-order chi connectivity index (χ0) is 17.0. The van der Waals surface area contributed by atoms with Crippen molar-refractivity contribution in [3.8, 4) is 11.1 Å². The van der Waals surface area contributed by atoms with E-state index in [1.54, 1.807) is 6.67 Å². The first-order valence-corrected chi connectivity index (χ1v) is 7.80. The fraction of sp³-hybridized carbons (Fsp3) is 0. The van der Waals surface area contributed by atoms with Crippen LogP contribution in [0.3, 0.4) is 0 Å². The number of hydrogen-bond acceptors (Lipinski definition) is 3. The van der Waals surface area contributed by atoms with E-state index in [9.17, 15) is 8.78 Å². The second kappa shape index (κ2) is 6.31. The molecular formula is C20H11F2IrN3-2. The second-order valence-corrected chi connectivity index (χ2v) is 5.80. The molecule has 0 aliphatic carbocycles. The van der Waals surface area contributed by atoms with Crippen LogP contribution in [-0.2, 0) is 20.1 Å². The number of rotatable bonds is 1.